The molecule has 2 aromatic rings. The van der Waals surface area contributed by atoms with Gasteiger partial charge in [0.2, 0.25) is 0 Å². The summed E-state index contributed by atoms with van der Waals surface area (Å²) in [7, 11) is 0. The normalized spacial score (nSPS) is 13.1. The van der Waals surface area contributed by atoms with Crippen molar-refractivity contribution in [3.63, 3.8) is 0 Å². The van der Waals surface area contributed by atoms with Gasteiger partial charge in [-0.15, -0.1) is 11.3 Å². The Labute approximate surface area is 191 Å². The van der Waals surface area contributed by atoms with Gasteiger partial charge < -0.3 is 14.6 Å². The number of anilines is 1. The van der Waals surface area contributed by atoms with Crippen LogP contribution in [0.4, 0.5) is 5.00 Å². The number of amides is 1. The molecular formula is C24H26N4O3S. The number of hydrogen-bond acceptors (Lipinski definition) is 6. The fourth-order valence-corrected chi connectivity index (χ4v) is 5.23. The molecule has 0 fully saturated rings. The maximum absolute atomic E-state index is 12.4. The molecule has 3 rings (SSSR count). The molecule has 1 aliphatic carbocycles. The second-order valence-electron chi connectivity index (χ2n) is 7.80. The zero-order chi connectivity index (χ0) is 23.3. The van der Waals surface area contributed by atoms with Gasteiger partial charge in [0.05, 0.1) is 5.56 Å². The van der Waals surface area contributed by atoms with Crippen molar-refractivity contribution in [1.29, 1.82) is 10.5 Å². The lowest BCUT2D eigenvalue weighted by atomic mass is 9.96. The lowest BCUT2D eigenvalue weighted by Crippen LogP contribution is -2.21. The van der Waals surface area contributed by atoms with Gasteiger partial charge in [0.15, 0.2) is 6.61 Å². The number of fused-ring (bicyclic) bond motifs is 1. The third kappa shape index (κ3) is 4.92. The number of nitriles is 2. The van der Waals surface area contributed by atoms with E-state index in [0.29, 0.717) is 10.6 Å². The zero-order valence-corrected chi connectivity index (χ0v) is 19.4. The second kappa shape index (κ2) is 10.3. The average Bonchev–Trinajstić information content (AvgIpc) is 3.26. The van der Waals surface area contributed by atoms with Crippen molar-refractivity contribution < 1.29 is 14.3 Å². The molecular weight excluding hydrogens is 424 g/mol. The Morgan fingerprint density at radius 3 is 2.72 bits per heavy atom. The molecule has 0 spiro atoms. The van der Waals surface area contributed by atoms with E-state index in [0.717, 1.165) is 66.0 Å². The van der Waals surface area contributed by atoms with E-state index in [1.807, 2.05) is 26.0 Å². The quantitative estimate of drug-likeness (QED) is 0.382. The van der Waals surface area contributed by atoms with E-state index < -0.39 is 18.5 Å². The summed E-state index contributed by atoms with van der Waals surface area (Å²) >= 11 is 1.41. The Morgan fingerprint density at radius 1 is 1.28 bits per heavy atom. The molecule has 0 unspecified atom stereocenters. The predicted octanol–water partition coefficient (Wildman–Crippen LogP) is 4.42. The largest absolute Gasteiger partial charge is 0.451 e. The zero-order valence-electron chi connectivity index (χ0n) is 18.6. The molecule has 0 aliphatic heterocycles. The van der Waals surface area contributed by atoms with Gasteiger partial charge in [-0.25, -0.2) is 4.79 Å². The van der Waals surface area contributed by atoms with Gasteiger partial charge in [0, 0.05) is 22.8 Å². The Hall–Kier alpha value is -3.36. The van der Waals surface area contributed by atoms with Crippen molar-refractivity contribution in [2.45, 2.75) is 59.4 Å². The van der Waals surface area contributed by atoms with Crippen LogP contribution >= 0.6 is 11.3 Å². The predicted molar refractivity (Wildman–Crippen MR) is 123 cm³/mol. The Bertz CT molecular complexity index is 1160. The molecule has 1 aliphatic rings. The second-order valence-corrected chi connectivity index (χ2v) is 8.90. The summed E-state index contributed by atoms with van der Waals surface area (Å²) in [6.07, 6.45) is 6.34. The van der Waals surface area contributed by atoms with Crippen LogP contribution in [0, 0.1) is 36.5 Å². The van der Waals surface area contributed by atoms with Crippen molar-refractivity contribution in [3.05, 3.63) is 44.6 Å². The summed E-state index contributed by atoms with van der Waals surface area (Å²) in [5.41, 5.74) is 4.15. The first-order valence-electron chi connectivity index (χ1n) is 10.7. The van der Waals surface area contributed by atoms with Crippen LogP contribution in [-0.4, -0.2) is 23.1 Å². The van der Waals surface area contributed by atoms with Crippen LogP contribution in [0.3, 0.4) is 0 Å². The van der Waals surface area contributed by atoms with E-state index in [4.69, 9.17) is 4.74 Å². The Morgan fingerprint density at radius 2 is 2.03 bits per heavy atom. The number of ether oxygens (including phenoxy) is 1. The highest BCUT2D eigenvalue weighted by atomic mass is 32.1. The highest BCUT2D eigenvalue weighted by Gasteiger charge is 2.22. The first-order chi connectivity index (χ1) is 15.4. The molecule has 32 heavy (non-hydrogen) atoms. The Balaban J connectivity index is 1.66. The third-order valence-electron chi connectivity index (χ3n) is 5.57. The number of thiophene rings is 1. The number of rotatable bonds is 7. The van der Waals surface area contributed by atoms with Crippen LogP contribution in [0.1, 0.15) is 59.1 Å². The van der Waals surface area contributed by atoms with Gasteiger partial charge in [-0.2, -0.15) is 10.5 Å². The van der Waals surface area contributed by atoms with Gasteiger partial charge in [0.1, 0.15) is 22.7 Å². The molecule has 2 heterocycles. The molecule has 2 aromatic heterocycles. The van der Waals surface area contributed by atoms with E-state index in [1.165, 1.54) is 17.4 Å². The van der Waals surface area contributed by atoms with Crippen molar-refractivity contribution in [1.82, 2.24) is 4.57 Å². The van der Waals surface area contributed by atoms with Gasteiger partial charge in [-0.1, -0.05) is 6.92 Å². The number of aromatic nitrogens is 1. The molecule has 0 saturated carbocycles. The summed E-state index contributed by atoms with van der Waals surface area (Å²) in [4.78, 5) is 25.9. The van der Waals surface area contributed by atoms with Crippen molar-refractivity contribution >= 4 is 34.3 Å². The minimum atomic E-state index is -0.853. The standard InChI is InChI=1S/C24H26N4O3S/c1-4-9-28-15(2)10-17(16(28)3)11-18(12-25)24(30)31-14-22(29)27-23-20(13-26)19-7-5-6-8-21(19)32-23/h10-11H,4-9,14H2,1-3H3,(H,27,29)/b18-11+. The molecule has 166 valence electrons. The van der Waals surface area contributed by atoms with Crippen LogP contribution in [0.5, 0.6) is 0 Å². The van der Waals surface area contributed by atoms with E-state index in [2.05, 4.69) is 22.9 Å². The number of nitrogens with zero attached hydrogens (tertiary/aromatic N) is 3. The minimum absolute atomic E-state index is 0.168. The lowest BCUT2D eigenvalue weighted by molar-refractivity contribution is -0.142. The summed E-state index contributed by atoms with van der Waals surface area (Å²) in [6.45, 7) is 6.33. The van der Waals surface area contributed by atoms with Crippen molar-refractivity contribution in [2.24, 2.45) is 0 Å². The van der Waals surface area contributed by atoms with Crippen LogP contribution in [0.15, 0.2) is 11.6 Å². The SMILES string of the molecule is CCCn1c(C)cc(/C=C(\C#N)C(=O)OCC(=O)Nc2sc3c(c2C#N)CCCC3)c1C. The molecule has 7 nitrogen and oxygen atoms in total. The third-order valence-corrected chi connectivity index (χ3v) is 6.78. The topological polar surface area (TPSA) is 108 Å². The first-order valence-corrected chi connectivity index (χ1v) is 11.5. The number of hydrogen-bond donors (Lipinski definition) is 1. The van der Waals surface area contributed by atoms with Gasteiger partial charge in [0.25, 0.3) is 5.91 Å². The average molecular weight is 451 g/mol. The molecule has 0 aromatic carbocycles. The molecule has 0 bridgehead atoms. The number of carbonyl (C=O) groups excluding carboxylic acids is 2. The van der Waals surface area contributed by atoms with Gasteiger partial charge in [-0.05, 0) is 69.2 Å². The fourth-order valence-electron chi connectivity index (χ4n) is 3.98. The number of esters is 1. The summed E-state index contributed by atoms with van der Waals surface area (Å²) in [6, 6.07) is 5.97. The van der Waals surface area contributed by atoms with Crippen LogP contribution in [0.2, 0.25) is 0 Å². The maximum atomic E-state index is 12.4. The van der Waals surface area contributed by atoms with E-state index in [9.17, 15) is 20.1 Å². The van der Waals surface area contributed by atoms with E-state index in [1.54, 1.807) is 0 Å². The fraction of sp³-hybridized carbons (Fsp3) is 0.417. The van der Waals surface area contributed by atoms with Crippen LogP contribution in [-0.2, 0) is 33.7 Å². The number of aryl methyl sites for hydroxylation is 2. The molecule has 1 amide bonds. The van der Waals surface area contributed by atoms with Gasteiger partial charge in [-0.3, -0.25) is 4.79 Å². The summed E-state index contributed by atoms with van der Waals surface area (Å²) < 4.78 is 7.21. The van der Waals surface area contributed by atoms with E-state index in [-0.39, 0.29) is 5.57 Å². The smallest absolute Gasteiger partial charge is 0.349 e. The molecule has 0 saturated heterocycles. The van der Waals surface area contributed by atoms with Gasteiger partial charge >= 0.3 is 5.97 Å². The van der Waals surface area contributed by atoms with Crippen LogP contribution < -0.4 is 5.32 Å². The summed E-state index contributed by atoms with van der Waals surface area (Å²) in [5, 5.41) is 22.1. The van der Waals surface area contributed by atoms with Crippen molar-refractivity contribution in [3.8, 4) is 12.1 Å². The minimum Gasteiger partial charge on any atom is -0.451 e. The monoisotopic (exact) mass is 450 g/mol. The van der Waals surface area contributed by atoms with Crippen LogP contribution in [0.25, 0.3) is 6.08 Å². The van der Waals surface area contributed by atoms with E-state index >= 15 is 0 Å². The number of carbonyl (C=O) groups is 2. The summed E-state index contributed by atoms with van der Waals surface area (Å²) in [5.74, 6) is -1.39. The highest BCUT2D eigenvalue weighted by molar-refractivity contribution is 7.16. The van der Waals surface area contributed by atoms with Crippen molar-refractivity contribution in [2.75, 3.05) is 11.9 Å². The molecule has 0 radical (unpaired) electrons. The Kier molecular flexibility index (Phi) is 7.50. The maximum Gasteiger partial charge on any atom is 0.349 e. The molecule has 8 heteroatoms. The first kappa shape index (κ1) is 23.3. The highest BCUT2D eigenvalue weighted by Crippen LogP contribution is 2.37. The molecule has 0 atom stereocenters. The molecule has 1 N–H and O–H groups in total. The lowest BCUT2D eigenvalue weighted by Gasteiger charge is -2.09. The number of nitrogens with one attached hydrogen (secondary N) is 1.